The summed E-state index contributed by atoms with van der Waals surface area (Å²) < 4.78 is 0. The lowest BCUT2D eigenvalue weighted by molar-refractivity contribution is -0.122. The number of nitrogens with zero attached hydrogens (tertiary/aromatic N) is 1. The summed E-state index contributed by atoms with van der Waals surface area (Å²) in [6.07, 6.45) is 3.15. The van der Waals surface area contributed by atoms with Crippen molar-refractivity contribution in [2.45, 2.75) is 19.8 Å². The molecule has 2 aromatic carbocycles. The smallest absolute Gasteiger partial charge is 0.257 e. The van der Waals surface area contributed by atoms with Gasteiger partial charge in [0.15, 0.2) is 0 Å². The maximum absolute atomic E-state index is 13.0. The lowest BCUT2D eigenvalue weighted by Gasteiger charge is -2.19. The Labute approximate surface area is 162 Å². The van der Waals surface area contributed by atoms with E-state index in [1.165, 1.54) is 17.0 Å². The fourth-order valence-corrected chi connectivity index (χ4v) is 3.88. The molecular formula is C22H20N2O4. The van der Waals surface area contributed by atoms with Gasteiger partial charge in [-0.05, 0) is 56.2 Å². The molecule has 4 rings (SSSR count). The van der Waals surface area contributed by atoms with Crippen LogP contribution in [0.5, 0.6) is 5.75 Å². The fraction of sp³-hybridized carbons (Fsp3) is 0.227. The molecule has 2 aromatic rings. The van der Waals surface area contributed by atoms with Crippen LogP contribution in [-0.2, 0) is 9.59 Å². The van der Waals surface area contributed by atoms with Crippen molar-refractivity contribution in [3.05, 3.63) is 65.7 Å². The minimum atomic E-state index is -0.425. The van der Waals surface area contributed by atoms with Gasteiger partial charge in [-0.2, -0.15) is 0 Å². The zero-order valence-corrected chi connectivity index (χ0v) is 15.4. The molecule has 1 fully saturated rings. The fourth-order valence-electron chi connectivity index (χ4n) is 3.88. The van der Waals surface area contributed by atoms with Crippen LogP contribution in [-0.4, -0.2) is 22.8 Å². The van der Waals surface area contributed by atoms with Gasteiger partial charge in [-0.3, -0.25) is 14.4 Å². The summed E-state index contributed by atoms with van der Waals surface area (Å²) in [6, 6.07) is 12.7. The minimum Gasteiger partial charge on any atom is -0.508 e. The maximum Gasteiger partial charge on any atom is 0.257 e. The highest BCUT2D eigenvalue weighted by atomic mass is 16.3. The van der Waals surface area contributed by atoms with E-state index in [2.05, 4.69) is 5.32 Å². The summed E-state index contributed by atoms with van der Waals surface area (Å²) in [7, 11) is 0. The highest BCUT2D eigenvalue weighted by Crippen LogP contribution is 2.40. The number of imide groups is 1. The first kappa shape index (κ1) is 18.0. The van der Waals surface area contributed by atoms with Gasteiger partial charge < -0.3 is 10.4 Å². The third-order valence-corrected chi connectivity index (χ3v) is 5.34. The maximum atomic E-state index is 13.0. The van der Waals surface area contributed by atoms with E-state index in [-0.39, 0.29) is 35.0 Å². The van der Waals surface area contributed by atoms with Gasteiger partial charge in [0, 0.05) is 5.69 Å². The Balaban J connectivity index is 1.65. The number of phenols is 1. The van der Waals surface area contributed by atoms with Gasteiger partial charge in [-0.25, -0.2) is 4.90 Å². The van der Waals surface area contributed by atoms with E-state index in [4.69, 9.17) is 0 Å². The van der Waals surface area contributed by atoms with E-state index in [0.717, 1.165) is 5.57 Å². The lowest BCUT2D eigenvalue weighted by Crippen LogP contribution is -2.33. The highest BCUT2D eigenvalue weighted by molar-refractivity contribution is 6.25. The van der Waals surface area contributed by atoms with E-state index in [1.807, 2.05) is 13.0 Å². The standard InChI is InChI=1S/C22H20N2O4/c1-13-6-11-16-18(12-13)22(28)24(21(16)27)19-5-3-2-4-17(19)20(26)23-14-7-9-15(25)10-8-14/h2-10,16,18,25H,11-12H2,1H3,(H,23,26)/t16-,18-/m0/s1. The molecule has 2 atom stereocenters. The normalized spacial score (nSPS) is 21.3. The Hall–Kier alpha value is -3.41. The quantitative estimate of drug-likeness (QED) is 0.488. The number of benzene rings is 2. The van der Waals surface area contributed by atoms with Crippen LogP contribution in [0, 0.1) is 11.8 Å². The Morgan fingerprint density at radius 2 is 1.71 bits per heavy atom. The van der Waals surface area contributed by atoms with Crippen LogP contribution < -0.4 is 10.2 Å². The first-order chi connectivity index (χ1) is 13.5. The van der Waals surface area contributed by atoms with Crippen LogP contribution in [0.25, 0.3) is 0 Å². The number of aromatic hydroxyl groups is 1. The summed E-state index contributed by atoms with van der Waals surface area (Å²) in [6.45, 7) is 1.97. The van der Waals surface area contributed by atoms with E-state index in [0.29, 0.717) is 24.2 Å². The highest BCUT2D eigenvalue weighted by Gasteiger charge is 2.49. The Morgan fingerprint density at radius 1 is 1.04 bits per heavy atom. The van der Waals surface area contributed by atoms with Crippen molar-refractivity contribution in [1.82, 2.24) is 0 Å². The van der Waals surface area contributed by atoms with Gasteiger partial charge in [0.05, 0.1) is 23.1 Å². The molecule has 0 aromatic heterocycles. The Morgan fingerprint density at radius 3 is 2.46 bits per heavy atom. The molecule has 0 radical (unpaired) electrons. The van der Waals surface area contributed by atoms with Gasteiger partial charge in [0.25, 0.3) is 5.91 Å². The van der Waals surface area contributed by atoms with Gasteiger partial charge in [-0.15, -0.1) is 0 Å². The third kappa shape index (κ3) is 3.07. The number of amides is 3. The molecule has 1 saturated heterocycles. The molecule has 142 valence electrons. The van der Waals surface area contributed by atoms with Gasteiger partial charge in [0.2, 0.25) is 11.8 Å². The second kappa shape index (κ2) is 6.96. The number of hydrogen-bond donors (Lipinski definition) is 2. The summed E-state index contributed by atoms with van der Waals surface area (Å²) in [4.78, 5) is 39.9. The second-order valence-corrected chi connectivity index (χ2v) is 7.23. The molecule has 0 spiro atoms. The summed E-state index contributed by atoms with van der Waals surface area (Å²) in [5.74, 6) is -1.53. The molecule has 2 N–H and O–H groups in total. The number of allylic oxidation sites excluding steroid dienone is 2. The number of fused-ring (bicyclic) bond motifs is 1. The van der Waals surface area contributed by atoms with Crippen LogP contribution >= 0.6 is 0 Å². The van der Waals surface area contributed by atoms with Crippen molar-refractivity contribution < 1.29 is 19.5 Å². The lowest BCUT2D eigenvalue weighted by atomic mass is 9.82. The molecular weight excluding hydrogens is 356 g/mol. The predicted molar refractivity (Wildman–Crippen MR) is 105 cm³/mol. The first-order valence-corrected chi connectivity index (χ1v) is 9.18. The zero-order valence-electron chi connectivity index (χ0n) is 15.4. The summed E-state index contributed by atoms with van der Waals surface area (Å²) >= 11 is 0. The molecule has 6 nitrogen and oxygen atoms in total. The van der Waals surface area contributed by atoms with Gasteiger partial charge in [-0.1, -0.05) is 23.8 Å². The largest absolute Gasteiger partial charge is 0.508 e. The molecule has 2 aliphatic rings. The topological polar surface area (TPSA) is 86.7 Å². The molecule has 0 bridgehead atoms. The van der Waals surface area contributed by atoms with E-state index in [1.54, 1.807) is 36.4 Å². The molecule has 28 heavy (non-hydrogen) atoms. The number of nitrogens with one attached hydrogen (secondary N) is 1. The van der Waals surface area contributed by atoms with E-state index >= 15 is 0 Å². The van der Waals surface area contributed by atoms with Crippen molar-refractivity contribution >= 4 is 29.1 Å². The van der Waals surface area contributed by atoms with E-state index < -0.39 is 5.91 Å². The van der Waals surface area contributed by atoms with Crippen LogP contribution in [0.1, 0.15) is 30.1 Å². The molecule has 1 aliphatic carbocycles. The van der Waals surface area contributed by atoms with Crippen molar-refractivity contribution in [1.29, 1.82) is 0 Å². The number of phenolic OH excluding ortho intramolecular Hbond substituents is 1. The van der Waals surface area contributed by atoms with Crippen molar-refractivity contribution in [3.63, 3.8) is 0 Å². The number of carbonyl (C=O) groups excluding carboxylic acids is 3. The van der Waals surface area contributed by atoms with Crippen LogP contribution in [0.2, 0.25) is 0 Å². The molecule has 1 heterocycles. The molecule has 6 heteroatoms. The van der Waals surface area contributed by atoms with Crippen molar-refractivity contribution in [3.8, 4) is 5.75 Å². The minimum absolute atomic E-state index is 0.0955. The number of anilines is 2. The first-order valence-electron chi connectivity index (χ1n) is 9.18. The van der Waals surface area contributed by atoms with Crippen LogP contribution in [0.15, 0.2) is 60.2 Å². The molecule has 0 saturated carbocycles. The molecule has 0 unspecified atom stereocenters. The van der Waals surface area contributed by atoms with Crippen molar-refractivity contribution in [2.24, 2.45) is 11.8 Å². The van der Waals surface area contributed by atoms with Gasteiger partial charge in [0.1, 0.15) is 5.75 Å². The predicted octanol–water partition coefficient (Wildman–Crippen LogP) is 3.49. The second-order valence-electron chi connectivity index (χ2n) is 7.23. The Kier molecular flexibility index (Phi) is 4.47. The van der Waals surface area contributed by atoms with Crippen molar-refractivity contribution in [2.75, 3.05) is 10.2 Å². The number of rotatable bonds is 3. The number of para-hydroxylation sites is 1. The zero-order chi connectivity index (χ0) is 19.8. The summed E-state index contributed by atoms with van der Waals surface area (Å²) in [5, 5.41) is 12.1. The third-order valence-electron chi connectivity index (χ3n) is 5.34. The number of hydrogen-bond acceptors (Lipinski definition) is 4. The number of carbonyl (C=O) groups is 3. The van der Waals surface area contributed by atoms with Crippen LogP contribution in [0.3, 0.4) is 0 Å². The molecule has 1 aliphatic heterocycles. The average molecular weight is 376 g/mol. The molecule has 3 amide bonds. The van der Waals surface area contributed by atoms with E-state index in [9.17, 15) is 19.5 Å². The average Bonchev–Trinajstić information content (AvgIpc) is 2.93. The SMILES string of the molecule is CC1=CC[C@@H]2C(=O)N(c3ccccc3C(=O)Nc3ccc(O)cc3)C(=O)[C@H]2C1. The Bertz CT molecular complexity index is 994. The van der Waals surface area contributed by atoms with Crippen LogP contribution in [0.4, 0.5) is 11.4 Å². The summed E-state index contributed by atoms with van der Waals surface area (Å²) in [5.41, 5.74) is 2.18. The monoisotopic (exact) mass is 376 g/mol. The van der Waals surface area contributed by atoms with Gasteiger partial charge >= 0.3 is 0 Å².